The van der Waals surface area contributed by atoms with Gasteiger partial charge in [-0.1, -0.05) is 36.4 Å². The van der Waals surface area contributed by atoms with Crippen molar-refractivity contribution in [2.24, 2.45) is 0 Å². The van der Waals surface area contributed by atoms with Crippen LogP contribution in [0.3, 0.4) is 0 Å². The highest BCUT2D eigenvalue weighted by Gasteiger charge is 2.16. The molecule has 0 unspecified atom stereocenters. The minimum atomic E-state index is -0.479. The molecule has 8 heteroatoms. The average molecular weight is 405 g/mol. The van der Waals surface area contributed by atoms with Gasteiger partial charge < -0.3 is 4.57 Å². The second-order valence-electron chi connectivity index (χ2n) is 6.18. The van der Waals surface area contributed by atoms with Gasteiger partial charge in [0.2, 0.25) is 5.13 Å². The van der Waals surface area contributed by atoms with Crippen LogP contribution in [0.25, 0.3) is 12.2 Å². The maximum Gasteiger partial charge on any atom is 0.274 e. The molecule has 144 valence electrons. The van der Waals surface area contributed by atoms with Crippen LogP contribution in [-0.4, -0.2) is 24.8 Å². The quantitative estimate of drug-likeness (QED) is 0.518. The minimum Gasteiger partial charge on any atom is -0.336 e. The monoisotopic (exact) mass is 405 g/mol. The molecule has 0 aliphatic carbocycles. The standard InChI is InChI=1S/C21H16FN5OS/c22-17-12-18(27(14-17)13-16-8-10-23-11-9-16)20(28)25-21-24-19(26-29-21)7-6-15-4-2-1-3-5-15/h1-12,14H,13H2,(H,24,25,26,28)/b7-6+. The van der Waals surface area contributed by atoms with Crippen LogP contribution >= 0.6 is 11.5 Å². The average Bonchev–Trinajstić information content (AvgIpc) is 3.34. The number of carbonyl (C=O) groups is 1. The third kappa shape index (κ3) is 4.80. The number of aromatic nitrogens is 4. The Balaban J connectivity index is 1.46. The largest absolute Gasteiger partial charge is 0.336 e. The van der Waals surface area contributed by atoms with Gasteiger partial charge in [0.25, 0.3) is 5.91 Å². The lowest BCUT2D eigenvalue weighted by Crippen LogP contribution is -2.17. The second-order valence-corrected chi connectivity index (χ2v) is 6.93. The number of carbonyl (C=O) groups excluding carboxylic acids is 1. The fourth-order valence-corrected chi connectivity index (χ4v) is 3.28. The predicted octanol–water partition coefficient (Wildman–Crippen LogP) is 4.34. The van der Waals surface area contributed by atoms with Gasteiger partial charge in [-0.25, -0.2) is 4.39 Å². The lowest BCUT2D eigenvalue weighted by molar-refractivity contribution is 0.101. The highest BCUT2D eigenvalue weighted by Crippen LogP contribution is 2.17. The van der Waals surface area contributed by atoms with E-state index in [2.05, 4.69) is 19.7 Å². The summed E-state index contributed by atoms with van der Waals surface area (Å²) in [6.07, 6.45) is 8.26. The summed E-state index contributed by atoms with van der Waals surface area (Å²) in [5.41, 5.74) is 2.14. The lowest BCUT2D eigenvalue weighted by Gasteiger charge is -2.08. The Morgan fingerprint density at radius 2 is 1.93 bits per heavy atom. The minimum absolute atomic E-state index is 0.205. The van der Waals surface area contributed by atoms with Gasteiger partial charge in [0.1, 0.15) is 11.5 Å². The van der Waals surface area contributed by atoms with E-state index in [-0.39, 0.29) is 5.69 Å². The second kappa shape index (κ2) is 8.57. The predicted molar refractivity (Wildman–Crippen MR) is 111 cm³/mol. The first-order valence-electron chi connectivity index (χ1n) is 8.80. The van der Waals surface area contributed by atoms with E-state index in [1.165, 1.54) is 12.3 Å². The van der Waals surface area contributed by atoms with E-state index in [1.807, 2.05) is 48.5 Å². The molecule has 1 N–H and O–H groups in total. The van der Waals surface area contributed by atoms with Gasteiger partial charge in [0.05, 0.1) is 0 Å². The van der Waals surface area contributed by atoms with Gasteiger partial charge in [-0.2, -0.15) is 9.36 Å². The number of halogens is 1. The fraction of sp³-hybridized carbons (Fsp3) is 0.0476. The van der Waals surface area contributed by atoms with Gasteiger partial charge in [0.15, 0.2) is 5.82 Å². The van der Waals surface area contributed by atoms with E-state index in [4.69, 9.17) is 0 Å². The first-order valence-corrected chi connectivity index (χ1v) is 9.57. The van der Waals surface area contributed by atoms with Crippen LogP contribution in [-0.2, 0) is 6.54 Å². The van der Waals surface area contributed by atoms with E-state index in [0.29, 0.717) is 17.5 Å². The van der Waals surface area contributed by atoms with Gasteiger partial charge in [-0.15, -0.1) is 0 Å². The Hall–Kier alpha value is -3.65. The summed E-state index contributed by atoms with van der Waals surface area (Å²) in [5, 5.41) is 3.04. The molecule has 1 amide bonds. The van der Waals surface area contributed by atoms with Gasteiger partial charge in [-0.05, 0) is 29.3 Å². The number of rotatable bonds is 6. The number of nitrogens with zero attached hydrogens (tertiary/aromatic N) is 4. The molecule has 29 heavy (non-hydrogen) atoms. The molecule has 1 aromatic carbocycles. The molecule has 4 aromatic rings. The number of pyridine rings is 1. The van der Waals surface area contributed by atoms with Crippen molar-refractivity contribution in [1.29, 1.82) is 0 Å². The molecule has 4 rings (SSSR count). The first-order chi connectivity index (χ1) is 14.2. The number of hydrogen-bond donors (Lipinski definition) is 1. The van der Waals surface area contributed by atoms with Crippen molar-refractivity contribution in [1.82, 2.24) is 18.9 Å². The Morgan fingerprint density at radius 1 is 1.14 bits per heavy atom. The van der Waals surface area contributed by atoms with Crippen molar-refractivity contribution in [3.63, 3.8) is 0 Å². The van der Waals surface area contributed by atoms with Crippen LogP contribution in [0.4, 0.5) is 9.52 Å². The summed E-state index contributed by atoms with van der Waals surface area (Å²) in [7, 11) is 0. The number of anilines is 1. The van der Waals surface area contributed by atoms with Crippen molar-refractivity contribution in [2.45, 2.75) is 6.54 Å². The third-order valence-corrected chi connectivity index (χ3v) is 4.73. The molecule has 3 aromatic heterocycles. The molecule has 0 saturated heterocycles. The highest BCUT2D eigenvalue weighted by molar-refractivity contribution is 7.10. The number of amides is 1. The van der Waals surface area contributed by atoms with E-state index in [1.54, 1.807) is 23.0 Å². The van der Waals surface area contributed by atoms with Crippen molar-refractivity contribution in [3.8, 4) is 0 Å². The SMILES string of the molecule is O=C(Nc1nc(/C=C/c2ccccc2)ns1)c1cc(F)cn1Cc1ccncc1. The van der Waals surface area contributed by atoms with E-state index in [9.17, 15) is 9.18 Å². The number of hydrogen-bond acceptors (Lipinski definition) is 5. The van der Waals surface area contributed by atoms with E-state index >= 15 is 0 Å². The Kier molecular flexibility index (Phi) is 5.53. The van der Waals surface area contributed by atoms with Crippen molar-refractivity contribution < 1.29 is 9.18 Å². The summed E-state index contributed by atoms with van der Waals surface area (Å²) < 4.78 is 19.6. The third-order valence-electron chi connectivity index (χ3n) is 4.08. The topological polar surface area (TPSA) is 72.7 Å². The zero-order chi connectivity index (χ0) is 20.1. The lowest BCUT2D eigenvalue weighted by atomic mass is 10.2. The zero-order valence-corrected chi connectivity index (χ0v) is 16.0. The molecule has 0 atom stereocenters. The molecule has 0 bridgehead atoms. The Bertz CT molecular complexity index is 1140. The van der Waals surface area contributed by atoms with Crippen LogP contribution < -0.4 is 5.32 Å². The molecule has 0 fully saturated rings. The molecule has 0 saturated carbocycles. The van der Waals surface area contributed by atoms with Crippen molar-refractivity contribution in [3.05, 3.63) is 95.6 Å². The highest BCUT2D eigenvalue weighted by atomic mass is 32.1. The first kappa shape index (κ1) is 18.7. The Morgan fingerprint density at radius 3 is 2.72 bits per heavy atom. The zero-order valence-electron chi connectivity index (χ0n) is 15.2. The molecule has 0 radical (unpaired) electrons. The maximum atomic E-state index is 13.8. The van der Waals surface area contributed by atoms with Crippen LogP contribution in [0.15, 0.2) is 67.1 Å². The number of nitrogens with one attached hydrogen (secondary N) is 1. The van der Waals surface area contributed by atoms with E-state index in [0.717, 1.165) is 22.7 Å². The molecular weight excluding hydrogens is 389 g/mol. The van der Waals surface area contributed by atoms with Crippen molar-refractivity contribution in [2.75, 3.05) is 5.32 Å². The van der Waals surface area contributed by atoms with Crippen LogP contribution in [0, 0.1) is 5.82 Å². The molecule has 0 spiro atoms. The van der Waals surface area contributed by atoms with E-state index < -0.39 is 11.7 Å². The normalized spacial score (nSPS) is 11.1. The maximum absolute atomic E-state index is 13.8. The Labute approximate surface area is 170 Å². The van der Waals surface area contributed by atoms with Crippen LogP contribution in [0.1, 0.15) is 27.4 Å². The molecular formula is C21H16FN5OS. The summed E-state index contributed by atoms with van der Waals surface area (Å²) in [4.78, 5) is 20.9. The van der Waals surface area contributed by atoms with Crippen molar-refractivity contribution >= 4 is 34.7 Å². The summed E-state index contributed by atoms with van der Waals surface area (Å²) in [5.74, 6) is -0.432. The molecule has 6 nitrogen and oxygen atoms in total. The smallest absolute Gasteiger partial charge is 0.274 e. The van der Waals surface area contributed by atoms with Crippen LogP contribution in [0.2, 0.25) is 0 Å². The number of benzene rings is 1. The summed E-state index contributed by atoms with van der Waals surface area (Å²) >= 11 is 1.07. The summed E-state index contributed by atoms with van der Waals surface area (Å²) in [6.45, 7) is 0.358. The molecule has 0 aliphatic heterocycles. The van der Waals surface area contributed by atoms with Crippen LogP contribution in [0.5, 0.6) is 0 Å². The van der Waals surface area contributed by atoms with Gasteiger partial charge in [-0.3, -0.25) is 15.1 Å². The molecule has 0 aliphatic rings. The fourth-order valence-electron chi connectivity index (χ4n) is 2.73. The molecule has 3 heterocycles. The van der Waals surface area contributed by atoms with Gasteiger partial charge >= 0.3 is 0 Å². The van der Waals surface area contributed by atoms with Gasteiger partial charge in [0, 0.05) is 42.7 Å². The summed E-state index contributed by atoms with van der Waals surface area (Å²) in [6, 6.07) is 14.6.